The molecule has 136 valence electrons. The van der Waals surface area contributed by atoms with E-state index in [1.807, 2.05) is 23.9 Å². The van der Waals surface area contributed by atoms with Crippen molar-refractivity contribution < 1.29 is 9.53 Å². The van der Waals surface area contributed by atoms with E-state index in [0.717, 1.165) is 42.9 Å². The summed E-state index contributed by atoms with van der Waals surface area (Å²) in [4.78, 5) is 16.8. The van der Waals surface area contributed by atoms with Crippen LogP contribution in [-0.2, 0) is 11.3 Å². The number of rotatable bonds is 5. The van der Waals surface area contributed by atoms with Crippen molar-refractivity contribution >= 4 is 11.6 Å². The highest BCUT2D eigenvalue weighted by atomic mass is 16.5. The van der Waals surface area contributed by atoms with Gasteiger partial charge in [-0.2, -0.15) is 10.2 Å². The maximum atomic E-state index is 12.4. The summed E-state index contributed by atoms with van der Waals surface area (Å²) >= 11 is 0. The maximum Gasteiger partial charge on any atom is 0.271 e. The molecule has 8 heteroatoms. The van der Waals surface area contributed by atoms with Crippen molar-refractivity contribution in [2.24, 2.45) is 0 Å². The van der Waals surface area contributed by atoms with Crippen molar-refractivity contribution in [1.82, 2.24) is 29.7 Å². The molecule has 1 aliphatic heterocycles. The Morgan fingerprint density at radius 1 is 1.46 bits per heavy atom. The molecule has 0 saturated carbocycles. The topological polar surface area (TPSA) is 86.3 Å². The first-order valence-electron chi connectivity index (χ1n) is 8.94. The molecule has 1 saturated heterocycles. The predicted octanol–water partition coefficient (Wildman–Crippen LogP) is 1.83. The SMILES string of the molecule is CCn1ncc(-c2ccnc3cc(C(=O)NCC4CCCO4)nn23)c1C. The fourth-order valence-corrected chi connectivity index (χ4v) is 3.33. The molecule has 3 aromatic rings. The van der Waals surface area contributed by atoms with Crippen LogP contribution in [0, 0.1) is 6.92 Å². The van der Waals surface area contributed by atoms with Gasteiger partial charge in [-0.1, -0.05) is 0 Å². The van der Waals surface area contributed by atoms with Gasteiger partial charge in [0.25, 0.3) is 5.91 Å². The zero-order chi connectivity index (χ0) is 18.1. The first-order valence-corrected chi connectivity index (χ1v) is 8.94. The molecule has 3 aromatic heterocycles. The Morgan fingerprint density at radius 3 is 3.08 bits per heavy atom. The smallest absolute Gasteiger partial charge is 0.271 e. The molecule has 1 aliphatic rings. The Morgan fingerprint density at radius 2 is 2.35 bits per heavy atom. The van der Waals surface area contributed by atoms with Gasteiger partial charge in [-0.05, 0) is 32.8 Å². The fraction of sp³-hybridized carbons (Fsp3) is 0.444. The van der Waals surface area contributed by atoms with Gasteiger partial charge in [-0.15, -0.1) is 0 Å². The number of hydrogen-bond acceptors (Lipinski definition) is 5. The molecule has 0 spiro atoms. The molecule has 1 unspecified atom stereocenters. The summed E-state index contributed by atoms with van der Waals surface area (Å²) in [7, 11) is 0. The normalized spacial score (nSPS) is 17.1. The molecule has 0 bridgehead atoms. The molecule has 0 aliphatic carbocycles. The van der Waals surface area contributed by atoms with Gasteiger partial charge in [0, 0.05) is 43.2 Å². The van der Waals surface area contributed by atoms with E-state index >= 15 is 0 Å². The standard InChI is InChI=1S/C18H22N6O2/c1-3-23-12(2)14(11-21-23)16-6-7-19-17-9-15(22-24(16)17)18(25)20-10-13-5-4-8-26-13/h6-7,9,11,13H,3-5,8,10H2,1-2H3,(H,20,25). The summed E-state index contributed by atoms with van der Waals surface area (Å²) in [6.45, 7) is 6.16. The Kier molecular flexibility index (Phi) is 4.42. The molecule has 1 fully saturated rings. The minimum Gasteiger partial charge on any atom is -0.376 e. The number of ether oxygens (including phenoxy) is 1. The van der Waals surface area contributed by atoms with E-state index in [1.54, 1.807) is 16.8 Å². The largest absolute Gasteiger partial charge is 0.376 e. The van der Waals surface area contributed by atoms with E-state index in [9.17, 15) is 4.79 Å². The maximum absolute atomic E-state index is 12.4. The van der Waals surface area contributed by atoms with E-state index in [4.69, 9.17) is 4.74 Å². The zero-order valence-electron chi connectivity index (χ0n) is 15.0. The first-order chi connectivity index (χ1) is 12.7. The lowest BCUT2D eigenvalue weighted by atomic mass is 10.2. The summed E-state index contributed by atoms with van der Waals surface area (Å²) in [6.07, 6.45) is 5.69. The van der Waals surface area contributed by atoms with Crippen LogP contribution in [0.15, 0.2) is 24.5 Å². The zero-order valence-corrected chi connectivity index (χ0v) is 15.0. The molecule has 26 heavy (non-hydrogen) atoms. The number of carbonyl (C=O) groups is 1. The van der Waals surface area contributed by atoms with Gasteiger partial charge in [0.2, 0.25) is 0 Å². The first kappa shape index (κ1) is 16.7. The minimum absolute atomic E-state index is 0.104. The quantitative estimate of drug-likeness (QED) is 0.755. The summed E-state index contributed by atoms with van der Waals surface area (Å²) in [6, 6.07) is 3.59. The summed E-state index contributed by atoms with van der Waals surface area (Å²) in [5.74, 6) is -0.210. The van der Waals surface area contributed by atoms with Crippen LogP contribution in [0.2, 0.25) is 0 Å². The van der Waals surface area contributed by atoms with Crippen molar-refractivity contribution in [2.75, 3.05) is 13.2 Å². The highest BCUT2D eigenvalue weighted by Crippen LogP contribution is 2.23. The molecule has 1 atom stereocenters. The van der Waals surface area contributed by atoms with E-state index < -0.39 is 0 Å². The van der Waals surface area contributed by atoms with Crippen molar-refractivity contribution in [3.05, 3.63) is 35.9 Å². The molecule has 1 amide bonds. The van der Waals surface area contributed by atoms with Gasteiger partial charge in [0.05, 0.1) is 18.0 Å². The lowest BCUT2D eigenvalue weighted by molar-refractivity contribution is 0.0853. The van der Waals surface area contributed by atoms with E-state index in [0.29, 0.717) is 17.9 Å². The second-order valence-corrected chi connectivity index (χ2v) is 6.43. The monoisotopic (exact) mass is 354 g/mol. The van der Waals surface area contributed by atoms with Crippen LogP contribution in [0.4, 0.5) is 0 Å². The van der Waals surface area contributed by atoms with Gasteiger partial charge in [0.1, 0.15) is 0 Å². The van der Waals surface area contributed by atoms with Crippen LogP contribution in [0.25, 0.3) is 16.9 Å². The Balaban J connectivity index is 1.62. The second kappa shape index (κ2) is 6.87. The number of fused-ring (bicyclic) bond motifs is 1. The molecule has 0 aromatic carbocycles. The average Bonchev–Trinajstić information content (AvgIpc) is 3.38. The highest BCUT2D eigenvalue weighted by molar-refractivity contribution is 5.93. The Bertz CT molecular complexity index is 938. The minimum atomic E-state index is -0.210. The number of aromatic nitrogens is 5. The lowest BCUT2D eigenvalue weighted by Gasteiger charge is -2.09. The molecule has 4 rings (SSSR count). The summed E-state index contributed by atoms with van der Waals surface area (Å²) in [5.41, 5.74) is 3.89. The van der Waals surface area contributed by atoms with Crippen LogP contribution in [0.3, 0.4) is 0 Å². The molecule has 4 heterocycles. The Hall–Kier alpha value is -2.74. The third-order valence-electron chi connectivity index (χ3n) is 4.78. The van der Waals surface area contributed by atoms with Gasteiger partial charge >= 0.3 is 0 Å². The van der Waals surface area contributed by atoms with Crippen LogP contribution >= 0.6 is 0 Å². The third kappa shape index (κ3) is 2.96. The number of hydrogen-bond donors (Lipinski definition) is 1. The number of carbonyl (C=O) groups excluding carboxylic acids is 1. The molecule has 8 nitrogen and oxygen atoms in total. The van der Waals surface area contributed by atoms with Gasteiger partial charge < -0.3 is 10.1 Å². The number of amides is 1. The van der Waals surface area contributed by atoms with Gasteiger partial charge in [-0.3, -0.25) is 9.48 Å². The van der Waals surface area contributed by atoms with Crippen LogP contribution in [0.5, 0.6) is 0 Å². The molecule has 1 N–H and O–H groups in total. The molecular formula is C18H22N6O2. The third-order valence-corrected chi connectivity index (χ3v) is 4.78. The van der Waals surface area contributed by atoms with E-state index in [2.05, 4.69) is 27.4 Å². The summed E-state index contributed by atoms with van der Waals surface area (Å²) in [5, 5.41) is 11.8. The van der Waals surface area contributed by atoms with Crippen molar-refractivity contribution in [1.29, 1.82) is 0 Å². The Labute approximate surface area is 151 Å². The van der Waals surface area contributed by atoms with Crippen molar-refractivity contribution in [3.63, 3.8) is 0 Å². The number of nitrogens with zero attached hydrogens (tertiary/aromatic N) is 5. The van der Waals surface area contributed by atoms with Crippen LogP contribution < -0.4 is 5.32 Å². The van der Waals surface area contributed by atoms with E-state index in [1.165, 1.54) is 0 Å². The van der Waals surface area contributed by atoms with Crippen LogP contribution in [-0.4, -0.2) is 49.5 Å². The van der Waals surface area contributed by atoms with E-state index in [-0.39, 0.29) is 12.0 Å². The average molecular weight is 354 g/mol. The predicted molar refractivity (Wildman–Crippen MR) is 95.9 cm³/mol. The van der Waals surface area contributed by atoms with Gasteiger partial charge in [-0.25, -0.2) is 9.50 Å². The lowest BCUT2D eigenvalue weighted by Crippen LogP contribution is -2.32. The highest BCUT2D eigenvalue weighted by Gasteiger charge is 2.19. The van der Waals surface area contributed by atoms with Crippen LogP contribution in [0.1, 0.15) is 35.9 Å². The van der Waals surface area contributed by atoms with Crippen molar-refractivity contribution in [2.45, 2.75) is 39.3 Å². The summed E-state index contributed by atoms with van der Waals surface area (Å²) < 4.78 is 9.17. The molecule has 0 radical (unpaired) electrons. The number of nitrogens with one attached hydrogen (secondary N) is 1. The molecular weight excluding hydrogens is 332 g/mol. The number of aryl methyl sites for hydroxylation is 1. The van der Waals surface area contributed by atoms with Gasteiger partial charge in [0.15, 0.2) is 11.3 Å². The fourth-order valence-electron chi connectivity index (χ4n) is 3.33. The van der Waals surface area contributed by atoms with Crippen molar-refractivity contribution in [3.8, 4) is 11.3 Å². The second-order valence-electron chi connectivity index (χ2n) is 6.43.